The van der Waals surface area contributed by atoms with Gasteiger partial charge in [0.25, 0.3) is 5.91 Å². The summed E-state index contributed by atoms with van der Waals surface area (Å²) in [6.07, 6.45) is 0. The van der Waals surface area contributed by atoms with Crippen LogP contribution < -0.4 is 15.4 Å². The Morgan fingerprint density at radius 1 is 0.900 bits per heavy atom. The zero-order valence-corrected chi connectivity index (χ0v) is 17.1. The second kappa shape index (κ2) is 9.60. The van der Waals surface area contributed by atoms with Gasteiger partial charge >= 0.3 is 5.97 Å². The molecule has 1 atom stereocenters. The second-order valence-electron chi connectivity index (χ2n) is 6.75. The van der Waals surface area contributed by atoms with Gasteiger partial charge in [-0.2, -0.15) is 0 Å². The van der Waals surface area contributed by atoms with Gasteiger partial charge in [-0.15, -0.1) is 0 Å². The maximum atomic E-state index is 13.2. The van der Waals surface area contributed by atoms with E-state index in [9.17, 15) is 9.59 Å². The molecule has 0 heterocycles. The smallest absolute Gasteiger partial charge is 0.337 e. The highest BCUT2D eigenvalue weighted by Crippen LogP contribution is 2.28. The second-order valence-corrected chi connectivity index (χ2v) is 6.75. The molecule has 0 aliphatic rings. The van der Waals surface area contributed by atoms with Crippen molar-refractivity contribution in [1.82, 2.24) is 0 Å². The number of carbonyl (C=O) groups excluding carboxylic acids is 2. The van der Waals surface area contributed by atoms with E-state index in [-0.39, 0.29) is 5.91 Å². The summed E-state index contributed by atoms with van der Waals surface area (Å²) in [6.45, 7) is 1.95. The molecule has 0 aliphatic heterocycles. The maximum Gasteiger partial charge on any atom is 0.337 e. The van der Waals surface area contributed by atoms with E-state index in [4.69, 9.17) is 9.47 Å². The third-order valence-electron chi connectivity index (χ3n) is 4.62. The van der Waals surface area contributed by atoms with E-state index in [0.717, 1.165) is 11.1 Å². The number of esters is 1. The molecule has 0 saturated carbocycles. The lowest BCUT2D eigenvalue weighted by atomic mass is 10.0. The predicted octanol–water partition coefficient (Wildman–Crippen LogP) is 4.58. The summed E-state index contributed by atoms with van der Waals surface area (Å²) in [5.74, 6) is -0.0595. The van der Waals surface area contributed by atoms with Crippen LogP contribution in [0.1, 0.15) is 27.5 Å². The number of ether oxygens (including phenoxy) is 2. The van der Waals surface area contributed by atoms with Gasteiger partial charge in [0.1, 0.15) is 11.8 Å². The largest absolute Gasteiger partial charge is 0.495 e. The van der Waals surface area contributed by atoms with E-state index in [2.05, 4.69) is 10.6 Å². The number of carbonyl (C=O) groups is 2. The molecule has 3 rings (SSSR count). The van der Waals surface area contributed by atoms with Crippen LogP contribution in [0.25, 0.3) is 0 Å². The van der Waals surface area contributed by atoms with Crippen LogP contribution in [0.2, 0.25) is 0 Å². The van der Waals surface area contributed by atoms with Crippen LogP contribution in [0.15, 0.2) is 72.8 Å². The Balaban J connectivity index is 1.87. The van der Waals surface area contributed by atoms with Crippen LogP contribution in [-0.2, 0) is 9.53 Å². The average molecular weight is 404 g/mol. The van der Waals surface area contributed by atoms with Crippen molar-refractivity contribution in [3.05, 3.63) is 89.5 Å². The van der Waals surface area contributed by atoms with Crippen LogP contribution in [0.4, 0.5) is 11.4 Å². The van der Waals surface area contributed by atoms with Crippen molar-refractivity contribution in [3.8, 4) is 5.75 Å². The standard InChI is InChI=1S/C24H24N2O4/c1-16-9-14-21(29-2)20(15-16)26-23(27)22(17-7-5-4-6-8-17)25-19-12-10-18(11-13-19)24(28)30-3/h4-15,22,25H,1-3H3,(H,26,27)/t22-/m1/s1. The first-order valence-electron chi connectivity index (χ1n) is 9.47. The fourth-order valence-electron chi connectivity index (χ4n) is 3.06. The molecule has 3 aromatic carbocycles. The first-order valence-corrected chi connectivity index (χ1v) is 9.47. The van der Waals surface area contributed by atoms with Crippen LogP contribution in [0.5, 0.6) is 5.75 Å². The molecule has 0 saturated heterocycles. The van der Waals surface area contributed by atoms with Gasteiger partial charge in [0.15, 0.2) is 0 Å². The highest BCUT2D eigenvalue weighted by atomic mass is 16.5. The van der Waals surface area contributed by atoms with Gasteiger partial charge in [0.2, 0.25) is 0 Å². The summed E-state index contributed by atoms with van der Waals surface area (Å²) in [5, 5.41) is 6.21. The Labute approximate surface area is 175 Å². The molecule has 0 fully saturated rings. The first-order chi connectivity index (χ1) is 14.5. The molecule has 0 aromatic heterocycles. The maximum absolute atomic E-state index is 13.2. The highest BCUT2D eigenvalue weighted by Gasteiger charge is 2.22. The summed E-state index contributed by atoms with van der Waals surface area (Å²) < 4.78 is 10.1. The number of amides is 1. The monoisotopic (exact) mass is 404 g/mol. The minimum Gasteiger partial charge on any atom is -0.495 e. The minimum atomic E-state index is -0.652. The van der Waals surface area contributed by atoms with Crippen LogP contribution >= 0.6 is 0 Å². The fourth-order valence-corrected chi connectivity index (χ4v) is 3.06. The van der Waals surface area contributed by atoms with E-state index >= 15 is 0 Å². The highest BCUT2D eigenvalue weighted by molar-refractivity contribution is 5.98. The summed E-state index contributed by atoms with van der Waals surface area (Å²) in [4.78, 5) is 24.9. The lowest BCUT2D eigenvalue weighted by molar-refractivity contribution is -0.117. The molecular formula is C24H24N2O4. The van der Waals surface area contributed by atoms with E-state index in [1.165, 1.54) is 7.11 Å². The number of rotatable bonds is 7. The Hall–Kier alpha value is -3.80. The van der Waals surface area contributed by atoms with E-state index in [1.807, 2.05) is 55.5 Å². The molecule has 6 nitrogen and oxygen atoms in total. The molecule has 0 bridgehead atoms. The summed E-state index contributed by atoms with van der Waals surface area (Å²) in [6, 6.07) is 21.2. The number of hydrogen-bond acceptors (Lipinski definition) is 5. The van der Waals surface area contributed by atoms with Gasteiger partial charge in [0.05, 0.1) is 25.5 Å². The van der Waals surface area contributed by atoms with Crippen molar-refractivity contribution in [3.63, 3.8) is 0 Å². The molecular weight excluding hydrogens is 380 g/mol. The van der Waals surface area contributed by atoms with Gasteiger partial charge in [-0.25, -0.2) is 4.79 Å². The molecule has 3 aromatic rings. The Morgan fingerprint density at radius 2 is 1.60 bits per heavy atom. The van der Waals surface area contributed by atoms with Crippen molar-refractivity contribution < 1.29 is 19.1 Å². The quantitative estimate of drug-likeness (QED) is 0.564. The first kappa shape index (κ1) is 20.9. The molecule has 0 aliphatic carbocycles. The van der Waals surface area contributed by atoms with E-state index in [1.54, 1.807) is 31.4 Å². The molecule has 0 unspecified atom stereocenters. The SMILES string of the molecule is COC(=O)c1ccc(N[C@@H](C(=O)Nc2cc(C)ccc2OC)c2ccccc2)cc1. The third-order valence-corrected chi connectivity index (χ3v) is 4.62. The van der Waals surface area contributed by atoms with Gasteiger partial charge < -0.3 is 20.1 Å². The van der Waals surface area contributed by atoms with E-state index < -0.39 is 12.0 Å². The normalized spacial score (nSPS) is 11.3. The van der Waals surface area contributed by atoms with Gasteiger partial charge in [-0.3, -0.25) is 4.79 Å². The van der Waals surface area contributed by atoms with Gasteiger partial charge in [-0.1, -0.05) is 36.4 Å². The van der Waals surface area contributed by atoms with Crippen molar-refractivity contribution in [2.75, 3.05) is 24.9 Å². The lowest BCUT2D eigenvalue weighted by Gasteiger charge is -2.21. The molecule has 154 valence electrons. The fraction of sp³-hybridized carbons (Fsp3) is 0.167. The lowest BCUT2D eigenvalue weighted by Crippen LogP contribution is -2.27. The van der Waals surface area contributed by atoms with Crippen molar-refractivity contribution in [2.24, 2.45) is 0 Å². The zero-order valence-electron chi connectivity index (χ0n) is 17.1. The Kier molecular flexibility index (Phi) is 6.70. The zero-order chi connectivity index (χ0) is 21.5. The minimum absolute atomic E-state index is 0.234. The summed E-state index contributed by atoms with van der Waals surface area (Å²) in [5.41, 5.74) is 3.55. The third kappa shape index (κ3) is 4.97. The van der Waals surface area contributed by atoms with Crippen molar-refractivity contribution in [2.45, 2.75) is 13.0 Å². The molecule has 0 spiro atoms. The number of nitrogens with one attached hydrogen (secondary N) is 2. The van der Waals surface area contributed by atoms with Gasteiger partial charge in [0, 0.05) is 5.69 Å². The van der Waals surface area contributed by atoms with Gasteiger partial charge in [-0.05, 0) is 54.4 Å². The molecule has 0 radical (unpaired) electrons. The molecule has 30 heavy (non-hydrogen) atoms. The number of aryl methyl sites for hydroxylation is 1. The number of benzene rings is 3. The molecule has 6 heteroatoms. The molecule has 2 N–H and O–H groups in total. The number of anilines is 2. The van der Waals surface area contributed by atoms with Crippen LogP contribution in [0, 0.1) is 6.92 Å². The summed E-state index contributed by atoms with van der Waals surface area (Å²) in [7, 11) is 2.90. The Morgan fingerprint density at radius 3 is 2.23 bits per heavy atom. The van der Waals surface area contributed by atoms with Crippen LogP contribution in [0.3, 0.4) is 0 Å². The topological polar surface area (TPSA) is 76.7 Å². The van der Waals surface area contributed by atoms with Crippen LogP contribution in [-0.4, -0.2) is 26.1 Å². The predicted molar refractivity (Wildman–Crippen MR) is 117 cm³/mol. The summed E-state index contributed by atoms with van der Waals surface area (Å²) >= 11 is 0. The molecule has 1 amide bonds. The van der Waals surface area contributed by atoms with Crippen molar-refractivity contribution >= 4 is 23.3 Å². The Bertz CT molecular complexity index is 1020. The number of hydrogen-bond donors (Lipinski definition) is 2. The van der Waals surface area contributed by atoms with E-state index in [0.29, 0.717) is 22.7 Å². The average Bonchev–Trinajstić information content (AvgIpc) is 2.78. The van der Waals surface area contributed by atoms with Crippen molar-refractivity contribution in [1.29, 1.82) is 0 Å². The number of methoxy groups -OCH3 is 2.